The molecule has 0 radical (unpaired) electrons. The van der Waals surface area contributed by atoms with Gasteiger partial charge in [0.25, 0.3) is 0 Å². The molecule has 0 N–H and O–H groups in total. The number of carbonyl (C=O) groups is 1. The highest BCUT2D eigenvalue weighted by Crippen LogP contribution is 2.31. The van der Waals surface area contributed by atoms with Crippen LogP contribution in [-0.4, -0.2) is 52.3 Å². The number of aromatic nitrogens is 2. The number of benzene rings is 2. The second-order valence-electron chi connectivity index (χ2n) is 8.30. The number of rotatable bonds is 5. The van der Waals surface area contributed by atoms with Crippen molar-refractivity contribution < 1.29 is 9.18 Å². The van der Waals surface area contributed by atoms with E-state index in [-0.39, 0.29) is 11.7 Å². The molecule has 2 aromatic carbocycles. The zero-order chi connectivity index (χ0) is 21.9. The van der Waals surface area contributed by atoms with Crippen LogP contribution in [0.2, 0.25) is 0 Å². The van der Waals surface area contributed by atoms with E-state index in [2.05, 4.69) is 21.6 Å². The summed E-state index contributed by atoms with van der Waals surface area (Å²) in [6, 6.07) is 16.9. The Balaban J connectivity index is 1.24. The van der Waals surface area contributed by atoms with E-state index in [9.17, 15) is 9.18 Å². The van der Waals surface area contributed by atoms with E-state index in [1.807, 2.05) is 23.1 Å². The Morgan fingerprint density at radius 3 is 2.38 bits per heavy atom. The molecule has 0 spiro atoms. The predicted octanol–water partition coefficient (Wildman–Crippen LogP) is 4.33. The molecule has 1 aliphatic carbocycles. The third-order valence-corrected chi connectivity index (χ3v) is 7.19. The molecule has 3 aromatic rings. The van der Waals surface area contributed by atoms with Gasteiger partial charge in [0.15, 0.2) is 5.16 Å². The van der Waals surface area contributed by atoms with Crippen molar-refractivity contribution in [3.63, 3.8) is 0 Å². The largest absolute Gasteiger partial charge is 0.368 e. The number of imidazole rings is 1. The minimum Gasteiger partial charge on any atom is -0.368 e. The van der Waals surface area contributed by atoms with Crippen molar-refractivity contribution >= 4 is 23.4 Å². The Morgan fingerprint density at radius 2 is 1.62 bits per heavy atom. The molecule has 0 saturated carbocycles. The van der Waals surface area contributed by atoms with Crippen LogP contribution in [0.5, 0.6) is 0 Å². The second kappa shape index (κ2) is 9.36. The van der Waals surface area contributed by atoms with Crippen LogP contribution < -0.4 is 4.90 Å². The molecule has 5 rings (SSSR count). The van der Waals surface area contributed by atoms with Crippen molar-refractivity contribution in [3.05, 3.63) is 71.8 Å². The van der Waals surface area contributed by atoms with Crippen LogP contribution in [0.1, 0.15) is 24.2 Å². The molecule has 0 bridgehead atoms. The van der Waals surface area contributed by atoms with Gasteiger partial charge in [-0.3, -0.25) is 9.36 Å². The number of para-hydroxylation sites is 1. The Hall–Kier alpha value is -2.80. The number of thioether (sulfide) groups is 1. The topological polar surface area (TPSA) is 41.4 Å². The molecular formula is C25H27FN4OS. The molecule has 1 aliphatic heterocycles. The average Bonchev–Trinajstić information content (AvgIpc) is 3.22. The summed E-state index contributed by atoms with van der Waals surface area (Å²) < 4.78 is 15.4. The molecule has 32 heavy (non-hydrogen) atoms. The van der Waals surface area contributed by atoms with Gasteiger partial charge >= 0.3 is 0 Å². The number of anilines is 1. The van der Waals surface area contributed by atoms with Crippen molar-refractivity contribution in [3.8, 4) is 5.69 Å². The zero-order valence-electron chi connectivity index (χ0n) is 18.0. The van der Waals surface area contributed by atoms with Crippen LogP contribution in [-0.2, 0) is 17.6 Å². The van der Waals surface area contributed by atoms with E-state index in [1.54, 1.807) is 23.9 Å². The fraction of sp³-hybridized carbons (Fsp3) is 0.360. The molecule has 1 amide bonds. The quantitative estimate of drug-likeness (QED) is 0.543. The standard InChI is InChI=1S/C25H27FN4OS/c26-19-10-12-20(13-11-19)28-14-16-29(17-15-28)24(31)18-32-25-27-22-8-4-5-9-23(22)30(25)21-6-2-1-3-7-21/h1-3,6-7,10-13H,4-5,8-9,14-18H2. The average molecular weight is 451 g/mol. The number of aryl methyl sites for hydroxylation is 1. The first kappa shape index (κ1) is 21.1. The second-order valence-corrected chi connectivity index (χ2v) is 9.24. The molecule has 1 aromatic heterocycles. The summed E-state index contributed by atoms with van der Waals surface area (Å²) in [5, 5.41) is 0.918. The Labute approximate surface area is 192 Å². The fourth-order valence-electron chi connectivity index (χ4n) is 4.54. The molecule has 1 saturated heterocycles. The van der Waals surface area contributed by atoms with Crippen LogP contribution in [0.4, 0.5) is 10.1 Å². The van der Waals surface area contributed by atoms with Gasteiger partial charge in [-0.15, -0.1) is 0 Å². The molecule has 2 heterocycles. The minimum absolute atomic E-state index is 0.148. The van der Waals surface area contributed by atoms with E-state index >= 15 is 0 Å². The van der Waals surface area contributed by atoms with Crippen LogP contribution >= 0.6 is 11.8 Å². The first-order valence-corrected chi connectivity index (χ1v) is 12.2. The fourth-order valence-corrected chi connectivity index (χ4v) is 5.49. The van der Waals surface area contributed by atoms with Crippen molar-refractivity contribution in [2.45, 2.75) is 30.8 Å². The summed E-state index contributed by atoms with van der Waals surface area (Å²) in [6.45, 7) is 2.88. The van der Waals surface area contributed by atoms with Gasteiger partial charge < -0.3 is 9.80 Å². The first-order chi connectivity index (χ1) is 15.7. The van der Waals surface area contributed by atoms with Gasteiger partial charge in [0.2, 0.25) is 5.91 Å². The monoisotopic (exact) mass is 450 g/mol. The summed E-state index contributed by atoms with van der Waals surface area (Å²) >= 11 is 1.54. The lowest BCUT2D eigenvalue weighted by atomic mass is 10.0. The molecule has 0 atom stereocenters. The summed E-state index contributed by atoms with van der Waals surface area (Å²) in [6.07, 6.45) is 4.42. The number of hydrogen-bond acceptors (Lipinski definition) is 4. The van der Waals surface area contributed by atoms with Gasteiger partial charge in [-0.2, -0.15) is 0 Å². The highest BCUT2D eigenvalue weighted by atomic mass is 32.2. The Morgan fingerprint density at radius 1 is 0.906 bits per heavy atom. The number of carbonyl (C=O) groups excluding carboxylic acids is 1. The van der Waals surface area contributed by atoms with Crippen molar-refractivity contribution in [1.82, 2.24) is 14.5 Å². The van der Waals surface area contributed by atoms with Crippen molar-refractivity contribution in [1.29, 1.82) is 0 Å². The summed E-state index contributed by atoms with van der Waals surface area (Å²) in [7, 11) is 0. The van der Waals surface area contributed by atoms with Gasteiger partial charge in [0.1, 0.15) is 5.82 Å². The van der Waals surface area contributed by atoms with E-state index in [0.717, 1.165) is 42.5 Å². The molecule has 7 heteroatoms. The third kappa shape index (κ3) is 4.39. The van der Waals surface area contributed by atoms with E-state index in [0.29, 0.717) is 18.8 Å². The highest BCUT2D eigenvalue weighted by Gasteiger charge is 2.24. The van der Waals surface area contributed by atoms with Gasteiger partial charge in [0, 0.05) is 43.2 Å². The lowest BCUT2D eigenvalue weighted by molar-refractivity contribution is -0.128. The SMILES string of the molecule is O=C(CSc1nc2c(n1-c1ccccc1)CCCC2)N1CCN(c2ccc(F)cc2)CC1. The van der Waals surface area contributed by atoms with E-state index in [4.69, 9.17) is 4.98 Å². The van der Waals surface area contributed by atoms with E-state index < -0.39 is 0 Å². The van der Waals surface area contributed by atoms with Gasteiger partial charge in [0.05, 0.1) is 11.4 Å². The molecule has 2 aliphatic rings. The molecule has 166 valence electrons. The Bertz CT molecular complexity index is 1080. The van der Waals surface area contributed by atoms with Gasteiger partial charge in [-0.05, 0) is 62.1 Å². The van der Waals surface area contributed by atoms with Crippen LogP contribution in [0.15, 0.2) is 59.8 Å². The number of halogens is 1. The number of piperazine rings is 1. The molecule has 0 unspecified atom stereocenters. The smallest absolute Gasteiger partial charge is 0.233 e. The molecule has 5 nitrogen and oxygen atoms in total. The van der Waals surface area contributed by atoms with Crippen LogP contribution in [0.25, 0.3) is 5.69 Å². The number of nitrogens with zero attached hydrogens (tertiary/aromatic N) is 4. The zero-order valence-corrected chi connectivity index (χ0v) is 18.9. The van der Waals surface area contributed by atoms with Crippen LogP contribution in [0, 0.1) is 5.82 Å². The minimum atomic E-state index is -0.227. The molecular weight excluding hydrogens is 423 g/mol. The lowest BCUT2D eigenvalue weighted by Gasteiger charge is -2.36. The normalized spacial score (nSPS) is 16.2. The maximum atomic E-state index is 13.2. The number of fused-ring (bicyclic) bond motifs is 1. The first-order valence-electron chi connectivity index (χ1n) is 11.3. The van der Waals surface area contributed by atoms with Crippen LogP contribution in [0.3, 0.4) is 0 Å². The number of amides is 1. The van der Waals surface area contributed by atoms with E-state index in [1.165, 1.54) is 36.4 Å². The van der Waals surface area contributed by atoms with Gasteiger partial charge in [-0.1, -0.05) is 30.0 Å². The third-order valence-electron chi connectivity index (χ3n) is 6.27. The Kier molecular flexibility index (Phi) is 6.17. The van der Waals surface area contributed by atoms with Crippen molar-refractivity contribution in [2.75, 3.05) is 36.8 Å². The summed E-state index contributed by atoms with van der Waals surface area (Å²) in [4.78, 5) is 22.0. The lowest BCUT2D eigenvalue weighted by Crippen LogP contribution is -2.49. The maximum Gasteiger partial charge on any atom is 0.233 e. The van der Waals surface area contributed by atoms with Crippen molar-refractivity contribution in [2.24, 2.45) is 0 Å². The molecule has 1 fully saturated rings. The highest BCUT2D eigenvalue weighted by molar-refractivity contribution is 7.99. The maximum absolute atomic E-state index is 13.2. The van der Waals surface area contributed by atoms with Gasteiger partial charge in [-0.25, -0.2) is 9.37 Å². The summed E-state index contributed by atoms with van der Waals surface area (Å²) in [5.74, 6) is 0.309. The number of hydrogen-bond donors (Lipinski definition) is 0. The predicted molar refractivity (Wildman–Crippen MR) is 126 cm³/mol. The summed E-state index contributed by atoms with van der Waals surface area (Å²) in [5.41, 5.74) is 4.60.